The molecular weight excluding hydrogens is 540 g/mol. The van der Waals surface area contributed by atoms with Gasteiger partial charge in [-0.05, 0) is 73.0 Å². The number of ether oxygens (including phenoxy) is 2. The molecule has 0 aliphatic heterocycles. The second kappa shape index (κ2) is 11.6. The third-order valence-electron chi connectivity index (χ3n) is 5.79. The first-order valence-electron chi connectivity index (χ1n) is 12.0. The molecule has 3 heterocycles. The lowest BCUT2D eigenvalue weighted by atomic mass is 10.2. The summed E-state index contributed by atoms with van der Waals surface area (Å²) >= 11 is 3.39. The Balaban J connectivity index is 2.10. The van der Waals surface area contributed by atoms with E-state index in [-0.39, 0.29) is 28.6 Å². The fourth-order valence-electron chi connectivity index (χ4n) is 4.04. The molecule has 4 rings (SSSR count). The van der Waals surface area contributed by atoms with Gasteiger partial charge >= 0.3 is 5.97 Å². The average Bonchev–Trinajstić information content (AvgIpc) is 2.88. The molecule has 0 spiro atoms. The van der Waals surface area contributed by atoms with Crippen LogP contribution < -0.4 is 11.0 Å². The number of hydrogen-bond acceptors (Lipinski definition) is 6. The van der Waals surface area contributed by atoms with Crippen LogP contribution in [-0.4, -0.2) is 45.6 Å². The highest BCUT2D eigenvalue weighted by Crippen LogP contribution is 2.18. The summed E-state index contributed by atoms with van der Waals surface area (Å²) in [7, 11) is 0. The molecule has 37 heavy (non-hydrogen) atoms. The molecule has 1 amide bonds. The van der Waals surface area contributed by atoms with Crippen molar-refractivity contribution < 1.29 is 19.1 Å². The largest absolute Gasteiger partial charge is 0.462 e. The van der Waals surface area contributed by atoms with Crippen LogP contribution >= 0.6 is 15.9 Å². The second-order valence-corrected chi connectivity index (χ2v) is 9.09. The summed E-state index contributed by atoms with van der Waals surface area (Å²) in [6.45, 7) is 6.87. The number of rotatable bonds is 8. The lowest BCUT2D eigenvalue weighted by molar-refractivity contribution is 0.0523. The Labute approximate surface area is 221 Å². The van der Waals surface area contributed by atoms with Crippen molar-refractivity contribution >= 4 is 44.5 Å². The Morgan fingerprint density at radius 1 is 1.05 bits per heavy atom. The summed E-state index contributed by atoms with van der Waals surface area (Å²) in [5.74, 6) is -1.24. The van der Waals surface area contributed by atoms with Gasteiger partial charge in [0.15, 0.2) is 5.49 Å². The van der Waals surface area contributed by atoms with Gasteiger partial charge in [0, 0.05) is 30.4 Å². The third kappa shape index (κ3) is 5.40. The van der Waals surface area contributed by atoms with Gasteiger partial charge in [-0.1, -0.05) is 18.2 Å². The minimum atomic E-state index is -0.685. The van der Waals surface area contributed by atoms with Crippen LogP contribution in [0.15, 0.2) is 62.9 Å². The predicted octanol–water partition coefficient (Wildman–Crippen LogP) is 4.06. The number of aromatic nitrogens is 3. The molecule has 1 aromatic carbocycles. The number of aryl methyl sites for hydroxylation is 2. The monoisotopic (exact) mass is 566 g/mol. The van der Waals surface area contributed by atoms with Crippen LogP contribution in [0.25, 0.3) is 16.7 Å². The maximum Gasteiger partial charge on any atom is 0.341 e. The van der Waals surface area contributed by atoms with E-state index in [2.05, 4.69) is 20.9 Å². The van der Waals surface area contributed by atoms with Crippen LogP contribution in [0.2, 0.25) is 0 Å². The number of hydrogen-bond donors (Lipinski definition) is 0. The molecule has 0 radical (unpaired) electrons. The highest BCUT2D eigenvalue weighted by atomic mass is 79.9. The molecule has 0 unspecified atom stereocenters. The van der Waals surface area contributed by atoms with Crippen LogP contribution in [0.1, 0.15) is 46.5 Å². The van der Waals surface area contributed by atoms with Crippen LogP contribution in [0.4, 0.5) is 0 Å². The SMILES string of the molecule is CCOCCCn1c(=NC(=O)c2ccccc2Br)c(C(=O)OCC)cc2c(=O)n3cccc(C)c3nc21. The molecule has 10 heteroatoms. The van der Waals surface area contributed by atoms with Crippen molar-refractivity contribution in [3.63, 3.8) is 0 Å². The van der Waals surface area contributed by atoms with Crippen molar-refractivity contribution in [3.8, 4) is 0 Å². The van der Waals surface area contributed by atoms with Crippen molar-refractivity contribution in [2.75, 3.05) is 19.8 Å². The van der Waals surface area contributed by atoms with E-state index in [0.29, 0.717) is 47.5 Å². The van der Waals surface area contributed by atoms with Crippen molar-refractivity contribution in [3.05, 3.63) is 85.7 Å². The quantitative estimate of drug-likeness (QED) is 0.181. The molecule has 0 aliphatic rings. The van der Waals surface area contributed by atoms with Gasteiger partial charge < -0.3 is 14.0 Å². The Hall–Kier alpha value is -3.63. The van der Waals surface area contributed by atoms with E-state index in [0.717, 1.165) is 5.56 Å². The number of esters is 1. The van der Waals surface area contributed by atoms with Crippen LogP contribution in [-0.2, 0) is 16.0 Å². The van der Waals surface area contributed by atoms with Crippen LogP contribution in [0, 0.1) is 6.92 Å². The van der Waals surface area contributed by atoms with Crippen molar-refractivity contribution in [2.24, 2.45) is 4.99 Å². The van der Waals surface area contributed by atoms with Crippen LogP contribution in [0.3, 0.4) is 0 Å². The van der Waals surface area contributed by atoms with E-state index in [1.165, 1.54) is 10.5 Å². The van der Waals surface area contributed by atoms with E-state index in [1.54, 1.807) is 48.0 Å². The standard InChI is InChI=1S/C27H27BrN4O5/c1-4-36-15-9-14-31-23-19(26(34)32-13-8-10-17(3)22(32)29-23)16-20(27(35)37-5-2)24(31)30-25(33)18-11-6-7-12-21(18)28/h6-8,10-13,16H,4-5,9,14-15H2,1-3H3. The number of fused-ring (bicyclic) bond motifs is 2. The Kier molecular flexibility index (Phi) is 8.30. The van der Waals surface area contributed by atoms with Gasteiger partial charge in [0.25, 0.3) is 11.5 Å². The number of halogens is 1. The molecule has 9 nitrogen and oxygen atoms in total. The molecule has 0 N–H and O–H groups in total. The summed E-state index contributed by atoms with van der Waals surface area (Å²) in [6.07, 6.45) is 2.18. The van der Waals surface area contributed by atoms with E-state index in [4.69, 9.17) is 14.5 Å². The Morgan fingerprint density at radius 3 is 2.57 bits per heavy atom. The summed E-state index contributed by atoms with van der Waals surface area (Å²) in [4.78, 5) is 49.1. The Bertz CT molecular complexity index is 1620. The van der Waals surface area contributed by atoms with E-state index < -0.39 is 11.9 Å². The smallest absolute Gasteiger partial charge is 0.341 e. The number of benzene rings is 1. The van der Waals surface area contributed by atoms with Crippen LogP contribution in [0.5, 0.6) is 0 Å². The number of carbonyl (C=O) groups excluding carboxylic acids is 2. The van der Waals surface area contributed by atoms with Gasteiger partial charge in [0.05, 0.1) is 17.6 Å². The number of nitrogens with zero attached hydrogens (tertiary/aromatic N) is 4. The molecule has 192 valence electrons. The Morgan fingerprint density at radius 2 is 1.84 bits per heavy atom. The fourth-order valence-corrected chi connectivity index (χ4v) is 4.49. The van der Waals surface area contributed by atoms with Gasteiger partial charge in [-0.15, -0.1) is 0 Å². The number of carbonyl (C=O) groups is 2. The normalized spacial score (nSPS) is 11.8. The zero-order chi connectivity index (χ0) is 26.5. The molecule has 0 aliphatic carbocycles. The molecule has 0 bridgehead atoms. The fraction of sp³-hybridized carbons (Fsp3) is 0.296. The molecule has 0 fully saturated rings. The highest BCUT2D eigenvalue weighted by Gasteiger charge is 2.21. The highest BCUT2D eigenvalue weighted by molar-refractivity contribution is 9.10. The zero-order valence-corrected chi connectivity index (χ0v) is 22.4. The topological polar surface area (TPSA) is 104 Å². The van der Waals surface area contributed by atoms with Gasteiger partial charge in [-0.25, -0.2) is 9.78 Å². The average molecular weight is 567 g/mol. The molecular formula is C27H27BrN4O5. The van der Waals surface area contributed by atoms with Gasteiger partial charge in [-0.2, -0.15) is 4.99 Å². The predicted molar refractivity (Wildman–Crippen MR) is 143 cm³/mol. The lowest BCUT2D eigenvalue weighted by Crippen LogP contribution is -2.33. The third-order valence-corrected chi connectivity index (χ3v) is 6.48. The second-order valence-electron chi connectivity index (χ2n) is 8.24. The molecule has 3 aromatic heterocycles. The van der Waals surface area contributed by atoms with E-state index >= 15 is 0 Å². The number of amides is 1. The first kappa shape index (κ1) is 26.4. The molecule has 4 aromatic rings. The number of pyridine rings is 2. The summed E-state index contributed by atoms with van der Waals surface area (Å²) in [5.41, 5.74) is 1.69. The molecule has 0 atom stereocenters. The first-order chi connectivity index (χ1) is 17.9. The van der Waals surface area contributed by atoms with E-state index in [1.807, 2.05) is 19.9 Å². The maximum absolute atomic E-state index is 13.5. The summed E-state index contributed by atoms with van der Waals surface area (Å²) in [6, 6.07) is 11.9. The minimum Gasteiger partial charge on any atom is -0.462 e. The van der Waals surface area contributed by atoms with E-state index in [9.17, 15) is 14.4 Å². The first-order valence-corrected chi connectivity index (χ1v) is 12.8. The summed E-state index contributed by atoms with van der Waals surface area (Å²) < 4.78 is 14.5. The van der Waals surface area contributed by atoms with Crippen molar-refractivity contribution in [2.45, 2.75) is 33.7 Å². The van der Waals surface area contributed by atoms with Gasteiger partial charge in [0.1, 0.15) is 16.9 Å². The molecule has 0 saturated heterocycles. The van der Waals surface area contributed by atoms with Crippen molar-refractivity contribution in [1.29, 1.82) is 0 Å². The zero-order valence-electron chi connectivity index (χ0n) is 20.9. The molecule has 0 saturated carbocycles. The lowest BCUT2D eigenvalue weighted by Gasteiger charge is -2.15. The summed E-state index contributed by atoms with van der Waals surface area (Å²) in [5, 5.41) is 0.217. The van der Waals surface area contributed by atoms with Gasteiger partial charge in [-0.3, -0.25) is 14.0 Å². The van der Waals surface area contributed by atoms with Gasteiger partial charge in [0.2, 0.25) is 0 Å². The minimum absolute atomic E-state index is 0.0117. The maximum atomic E-state index is 13.5. The van der Waals surface area contributed by atoms with Crippen molar-refractivity contribution in [1.82, 2.24) is 14.0 Å².